The molecular weight excluding hydrogens is 425 g/mol. The highest BCUT2D eigenvalue weighted by Gasteiger charge is 2.11. The lowest BCUT2D eigenvalue weighted by Gasteiger charge is -2.14. The fraction of sp³-hybridized carbons (Fsp3) is 0.0833. The lowest BCUT2D eigenvalue weighted by atomic mass is 10.1. The van der Waals surface area contributed by atoms with Gasteiger partial charge in [0.2, 0.25) is 0 Å². The molecule has 0 spiro atoms. The van der Waals surface area contributed by atoms with Gasteiger partial charge in [-0.25, -0.2) is 0 Å². The van der Waals surface area contributed by atoms with Crippen molar-refractivity contribution in [2.75, 3.05) is 5.32 Å². The van der Waals surface area contributed by atoms with Crippen molar-refractivity contribution in [2.45, 2.75) is 13.2 Å². The van der Waals surface area contributed by atoms with E-state index >= 15 is 0 Å². The molecule has 2 nitrogen and oxygen atoms in total. The molecule has 0 bridgehead atoms. The molecule has 1 N–H and O–H groups in total. The Morgan fingerprint density at radius 1 is 0.724 bits per heavy atom. The van der Waals surface area contributed by atoms with Crippen molar-refractivity contribution in [2.24, 2.45) is 0 Å². The van der Waals surface area contributed by atoms with Crippen molar-refractivity contribution < 1.29 is 4.74 Å². The number of ether oxygens (including phenoxy) is 1. The summed E-state index contributed by atoms with van der Waals surface area (Å²) >= 11 is 19.1. The summed E-state index contributed by atoms with van der Waals surface area (Å²) in [7, 11) is 0. The SMILES string of the molecule is Clc1ccccc1NCc1cc(Cl)c(OCc2cccc3ccccc23)c(Cl)c1. The topological polar surface area (TPSA) is 21.3 Å². The first-order chi connectivity index (χ1) is 14.1. The van der Waals surface area contributed by atoms with Crippen LogP contribution in [-0.4, -0.2) is 0 Å². The van der Waals surface area contributed by atoms with Gasteiger partial charge in [-0.15, -0.1) is 0 Å². The van der Waals surface area contributed by atoms with Crippen LogP contribution in [0.25, 0.3) is 10.8 Å². The van der Waals surface area contributed by atoms with Crippen LogP contribution in [0, 0.1) is 0 Å². The zero-order chi connectivity index (χ0) is 20.2. The Balaban J connectivity index is 1.49. The van der Waals surface area contributed by atoms with Crippen LogP contribution in [0.3, 0.4) is 0 Å². The van der Waals surface area contributed by atoms with Crippen LogP contribution >= 0.6 is 34.8 Å². The first kappa shape index (κ1) is 19.9. The van der Waals surface area contributed by atoms with Crippen LogP contribution in [0.15, 0.2) is 78.9 Å². The summed E-state index contributed by atoms with van der Waals surface area (Å²) in [6.45, 7) is 0.935. The molecule has 0 aliphatic carbocycles. The number of para-hydroxylation sites is 1. The average molecular weight is 443 g/mol. The molecule has 0 amide bonds. The molecule has 4 rings (SSSR count). The van der Waals surface area contributed by atoms with Gasteiger partial charge in [-0.3, -0.25) is 0 Å². The standard InChI is InChI=1S/C24H18Cl3NO/c25-20-10-3-4-11-23(20)28-14-16-12-21(26)24(22(27)13-16)29-15-18-8-5-7-17-6-1-2-9-19(17)18/h1-13,28H,14-15H2. The lowest BCUT2D eigenvalue weighted by Crippen LogP contribution is -2.02. The Morgan fingerprint density at radius 2 is 1.41 bits per heavy atom. The largest absolute Gasteiger partial charge is 0.486 e. The Bertz CT molecular complexity index is 1130. The van der Waals surface area contributed by atoms with E-state index in [0.29, 0.717) is 34.0 Å². The van der Waals surface area contributed by atoms with E-state index in [1.165, 1.54) is 5.39 Å². The minimum atomic E-state index is 0.387. The van der Waals surface area contributed by atoms with Gasteiger partial charge in [0, 0.05) is 6.54 Å². The molecule has 146 valence electrons. The third kappa shape index (κ3) is 4.62. The molecule has 0 unspecified atom stereocenters. The molecule has 0 heterocycles. The van der Waals surface area contributed by atoms with E-state index in [0.717, 1.165) is 22.2 Å². The molecule has 0 fully saturated rings. The van der Waals surface area contributed by atoms with Crippen molar-refractivity contribution >= 4 is 51.3 Å². The van der Waals surface area contributed by atoms with E-state index in [-0.39, 0.29) is 0 Å². The van der Waals surface area contributed by atoms with Gasteiger partial charge in [0.05, 0.1) is 20.8 Å². The predicted octanol–water partition coefficient (Wildman–Crippen LogP) is 7.99. The summed E-state index contributed by atoms with van der Waals surface area (Å²) in [5, 5.41) is 7.25. The summed E-state index contributed by atoms with van der Waals surface area (Å²) in [6, 6.07) is 25.7. The van der Waals surface area contributed by atoms with Gasteiger partial charge in [0.15, 0.2) is 5.75 Å². The Labute approximate surface area is 185 Å². The zero-order valence-electron chi connectivity index (χ0n) is 15.5. The molecule has 0 atom stereocenters. The molecular formula is C24H18Cl3NO. The van der Waals surface area contributed by atoms with Gasteiger partial charge in [-0.2, -0.15) is 0 Å². The maximum absolute atomic E-state index is 6.47. The third-order valence-electron chi connectivity index (χ3n) is 4.67. The minimum Gasteiger partial charge on any atom is -0.486 e. The summed E-state index contributed by atoms with van der Waals surface area (Å²) < 4.78 is 5.99. The van der Waals surface area contributed by atoms with Crippen LogP contribution in [0.5, 0.6) is 5.75 Å². The number of fused-ring (bicyclic) bond motifs is 1. The van der Waals surface area contributed by atoms with Crippen LogP contribution in [0.2, 0.25) is 15.1 Å². The first-order valence-electron chi connectivity index (χ1n) is 9.17. The molecule has 0 aliphatic rings. The molecule has 0 saturated carbocycles. The number of nitrogens with one attached hydrogen (secondary N) is 1. The van der Waals surface area contributed by atoms with Crippen molar-refractivity contribution in [1.29, 1.82) is 0 Å². The lowest BCUT2D eigenvalue weighted by molar-refractivity contribution is 0.308. The molecule has 4 aromatic rings. The quantitative estimate of drug-likeness (QED) is 0.327. The third-order valence-corrected chi connectivity index (χ3v) is 5.56. The highest BCUT2D eigenvalue weighted by Crippen LogP contribution is 2.35. The Hall–Kier alpha value is -2.39. The molecule has 5 heteroatoms. The van der Waals surface area contributed by atoms with Gasteiger partial charge < -0.3 is 10.1 Å². The number of benzene rings is 4. The van der Waals surface area contributed by atoms with E-state index in [4.69, 9.17) is 39.5 Å². The predicted molar refractivity (Wildman–Crippen MR) is 124 cm³/mol. The Kier molecular flexibility index (Phi) is 6.15. The molecule has 0 saturated heterocycles. The summed E-state index contributed by atoms with van der Waals surface area (Å²) in [6.07, 6.45) is 0. The van der Waals surface area contributed by atoms with Gasteiger partial charge in [0.25, 0.3) is 0 Å². The monoisotopic (exact) mass is 441 g/mol. The highest BCUT2D eigenvalue weighted by molar-refractivity contribution is 6.37. The first-order valence-corrected chi connectivity index (χ1v) is 10.3. The fourth-order valence-electron chi connectivity index (χ4n) is 3.22. The van der Waals surface area contributed by atoms with Crippen LogP contribution in [0.1, 0.15) is 11.1 Å². The average Bonchev–Trinajstić information content (AvgIpc) is 2.72. The number of rotatable bonds is 6. The van der Waals surface area contributed by atoms with E-state index in [1.807, 2.05) is 60.7 Å². The second kappa shape index (κ2) is 8.96. The molecule has 29 heavy (non-hydrogen) atoms. The summed E-state index contributed by atoms with van der Waals surface area (Å²) in [5.41, 5.74) is 2.88. The second-order valence-electron chi connectivity index (χ2n) is 6.65. The number of anilines is 1. The number of halogens is 3. The van der Waals surface area contributed by atoms with E-state index in [2.05, 4.69) is 23.5 Å². The van der Waals surface area contributed by atoms with E-state index in [9.17, 15) is 0 Å². The van der Waals surface area contributed by atoms with Gasteiger partial charge >= 0.3 is 0 Å². The molecule has 0 aromatic heterocycles. The van der Waals surface area contributed by atoms with Gasteiger partial charge in [-0.1, -0.05) is 89.4 Å². The smallest absolute Gasteiger partial charge is 0.156 e. The van der Waals surface area contributed by atoms with Crippen molar-refractivity contribution in [3.63, 3.8) is 0 Å². The van der Waals surface area contributed by atoms with Crippen LogP contribution in [-0.2, 0) is 13.2 Å². The van der Waals surface area contributed by atoms with Gasteiger partial charge in [-0.05, 0) is 46.2 Å². The van der Waals surface area contributed by atoms with Crippen LogP contribution in [0.4, 0.5) is 5.69 Å². The van der Waals surface area contributed by atoms with Crippen molar-refractivity contribution in [3.8, 4) is 5.75 Å². The minimum absolute atomic E-state index is 0.387. The fourth-order valence-corrected chi connectivity index (χ4v) is 4.07. The maximum atomic E-state index is 6.47. The van der Waals surface area contributed by atoms with Gasteiger partial charge in [0.1, 0.15) is 6.61 Å². The highest BCUT2D eigenvalue weighted by atomic mass is 35.5. The number of hydrogen-bond acceptors (Lipinski definition) is 2. The summed E-state index contributed by atoms with van der Waals surface area (Å²) in [5.74, 6) is 0.489. The maximum Gasteiger partial charge on any atom is 0.156 e. The number of hydrogen-bond donors (Lipinski definition) is 1. The zero-order valence-corrected chi connectivity index (χ0v) is 17.7. The van der Waals surface area contributed by atoms with Crippen LogP contribution < -0.4 is 10.1 Å². The van der Waals surface area contributed by atoms with E-state index < -0.39 is 0 Å². The Morgan fingerprint density at radius 3 is 2.21 bits per heavy atom. The van der Waals surface area contributed by atoms with Crippen molar-refractivity contribution in [3.05, 3.63) is 105 Å². The molecule has 0 aliphatic heterocycles. The van der Waals surface area contributed by atoms with Crippen molar-refractivity contribution in [1.82, 2.24) is 0 Å². The van der Waals surface area contributed by atoms with E-state index in [1.54, 1.807) is 0 Å². The molecule has 0 radical (unpaired) electrons. The second-order valence-corrected chi connectivity index (χ2v) is 7.87. The summed E-state index contributed by atoms with van der Waals surface area (Å²) in [4.78, 5) is 0. The molecule has 4 aromatic carbocycles. The normalized spacial score (nSPS) is 10.9.